The highest BCUT2D eigenvalue weighted by Crippen LogP contribution is 2.20. The number of hydrogen-bond acceptors (Lipinski definition) is 1. The van der Waals surface area contributed by atoms with Crippen LogP contribution in [0.5, 0.6) is 0 Å². The summed E-state index contributed by atoms with van der Waals surface area (Å²) in [5, 5.41) is 1.08. The minimum Gasteiger partial charge on any atom is -0.351 e. The largest absolute Gasteiger partial charge is 0.351 e. The summed E-state index contributed by atoms with van der Waals surface area (Å²) in [5.41, 5.74) is 2.69. The van der Waals surface area contributed by atoms with Gasteiger partial charge in [0.2, 0.25) is 0 Å². The Bertz CT molecular complexity index is 508. The zero-order valence-electron chi connectivity index (χ0n) is 8.03. The lowest BCUT2D eigenvalue weighted by atomic mass is 10.1. The molecule has 0 aliphatic heterocycles. The van der Waals surface area contributed by atoms with Gasteiger partial charge < -0.3 is 4.57 Å². The van der Waals surface area contributed by atoms with Crippen LogP contribution < -0.4 is 0 Å². The van der Waals surface area contributed by atoms with Gasteiger partial charge in [0.25, 0.3) is 0 Å². The number of aromatic nitrogens is 1. The van der Waals surface area contributed by atoms with E-state index in [0.29, 0.717) is 5.56 Å². The summed E-state index contributed by atoms with van der Waals surface area (Å²) in [7, 11) is 1.98. The SMILES string of the molecule is C=Cc1cc2c(ccn2C)cc1C=O. The van der Waals surface area contributed by atoms with Crippen molar-refractivity contribution in [3.05, 3.63) is 42.1 Å². The summed E-state index contributed by atoms with van der Waals surface area (Å²) in [6.45, 7) is 3.69. The number of carbonyl (C=O) groups is 1. The van der Waals surface area contributed by atoms with Crippen molar-refractivity contribution in [3.8, 4) is 0 Å². The lowest BCUT2D eigenvalue weighted by Gasteiger charge is -2.01. The second kappa shape index (κ2) is 3.14. The molecule has 0 spiro atoms. The summed E-state index contributed by atoms with van der Waals surface area (Å²) >= 11 is 0. The highest BCUT2D eigenvalue weighted by atomic mass is 16.1. The van der Waals surface area contributed by atoms with Gasteiger partial charge in [0, 0.05) is 29.7 Å². The zero-order chi connectivity index (χ0) is 10.1. The maximum Gasteiger partial charge on any atom is 0.150 e. The second-order valence-corrected chi connectivity index (χ2v) is 3.29. The molecule has 2 rings (SSSR count). The molecule has 1 heterocycles. The number of rotatable bonds is 2. The van der Waals surface area contributed by atoms with Gasteiger partial charge in [-0.15, -0.1) is 0 Å². The van der Waals surface area contributed by atoms with Gasteiger partial charge in [0.15, 0.2) is 6.29 Å². The Morgan fingerprint density at radius 3 is 2.79 bits per heavy atom. The predicted octanol–water partition coefficient (Wildman–Crippen LogP) is 2.63. The molecule has 0 atom stereocenters. The summed E-state index contributed by atoms with van der Waals surface area (Å²) in [6, 6.07) is 5.86. The summed E-state index contributed by atoms with van der Waals surface area (Å²) in [4.78, 5) is 10.8. The lowest BCUT2D eigenvalue weighted by molar-refractivity contribution is 0.112. The van der Waals surface area contributed by atoms with Crippen molar-refractivity contribution in [2.24, 2.45) is 7.05 Å². The van der Waals surface area contributed by atoms with Crippen LogP contribution >= 0.6 is 0 Å². The molecular weight excluding hydrogens is 174 g/mol. The molecule has 14 heavy (non-hydrogen) atoms. The van der Waals surface area contributed by atoms with E-state index in [9.17, 15) is 4.79 Å². The number of benzene rings is 1. The fraction of sp³-hybridized carbons (Fsp3) is 0.0833. The van der Waals surface area contributed by atoms with E-state index in [1.165, 1.54) is 0 Å². The van der Waals surface area contributed by atoms with Crippen molar-refractivity contribution in [1.29, 1.82) is 0 Å². The van der Waals surface area contributed by atoms with E-state index >= 15 is 0 Å². The van der Waals surface area contributed by atoms with Crippen LogP contribution in [0.1, 0.15) is 15.9 Å². The Kier molecular flexibility index (Phi) is 1.97. The van der Waals surface area contributed by atoms with Crippen LogP contribution in [-0.2, 0) is 7.05 Å². The molecule has 0 aliphatic rings. The summed E-state index contributed by atoms with van der Waals surface area (Å²) in [5.74, 6) is 0. The lowest BCUT2D eigenvalue weighted by Crippen LogP contribution is -1.89. The van der Waals surface area contributed by atoms with Gasteiger partial charge >= 0.3 is 0 Å². The van der Waals surface area contributed by atoms with Crippen LogP contribution in [-0.4, -0.2) is 10.9 Å². The fourth-order valence-electron chi connectivity index (χ4n) is 1.63. The molecule has 0 saturated carbocycles. The number of aldehydes is 1. The van der Waals surface area contributed by atoms with Crippen LogP contribution in [0.4, 0.5) is 0 Å². The molecule has 1 aromatic heterocycles. The molecule has 0 amide bonds. The van der Waals surface area contributed by atoms with Gasteiger partial charge in [-0.2, -0.15) is 0 Å². The minimum atomic E-state index is 0.693. The van der Waals surface area contributed by atoms with Crippen molar-refractivity contribution in [2.75, 3.05) is 0 Å². The maximum atomic E-state index is 10.8. The first-order valence-corrected chi connectivity index (χ1v) is 4.43. The Morgan fingerprint density at radius 1 is 1.36 bits per heavy atom. The number of carbonyl (C=O) groups excluding carboxylic acids is 1. The molecule has 2 nitrogen and oxygen atoms in total. The van der Waals surface area contributed by atoms with E-state index in [0.717, 1.165) is 22.8 Å². The summed E-state index contributed by atoms with van der Waals surface area (Å²) in [6.07, 6.45) is 4.55. The van der Waals surface area contributed by atoms with Gasteiger partial charge in [-0.3, -0.25) is 4.79 Å². The van der Waals surface area contributed by atoms with E-state index in [1.807, 2.05) is 36.0 Å². The minimum absolute atomic E-state index is 0.693. The fourth-order valence-corrected chi connectivity index (χ4v) is 1.63. The van der Waals surface area contributed by atoms with Crippen molar-refractivity contribution in [3.63, 3.8) is 0 Å². The highest BCUT2D eigenvalue weighted by Gasteiger charge is 2.03. The first kappa shape index (κ1) is 8.75. The maximum absolute atomic E-state index is 10.8. The van der Waals surface area contributed by atoms with E-state index in [2.05, 4.69) is 6.58 Å². The Hall–Kier alpha value is -1.83. The van der Waals surface area contributed by atoms with Crippen LogP contribution in [0.3, 0.4) is 0 Å². The van der Waals surface area contributed by atoms with Crippen molar-refractivity contribution in [1.82, 2.24) is 4.57 Å². The number of aryl methyl sites for hydroxylation is 1. The van der Waals surface area contributed by atoms with Crippen molar-refractivity contribution in [2.45, 2.75) is 0 Å². The van der Waals surface area contributed by atoms with E-state index < -0.39 is 0 Å². The Labute approximate surface area is 82.5 Å². The monoisotopic (exact) mass is 185 g/mol. The van der Waals surface area contributed by atoms with Crippen LogP contribution in [0.25, 0.3) is 17.0 Å². The molecule has 0 bridgehead atoms. The molecular formula is C12H11NO. The third-order valence-corrected chi connectivity index (χ3v) is 2.44. The van der Waals surface area contributed by atoms with Gasteiger partial charge in [-0.1, -0.05) is 12.7 Å². The number of hydrogen-bond donors (Lipinski definition) is 0. The smallest absolute Gasteiger partial charge is 0.150 e. The third-order valence-electron chi connectivity index (χ3n) is 2.44. The highest BCUT2D eigenvalue weighted by molar-refractivity contribution is 5.92. The molecule has 2 aromatic rings. The zero-order valence-corrected chi connectivity index (χ0v) is 8.03. The Balaban J connectivity index is 2.83. The van der Waals surface area contributed by atoms with Crippen LogP contribution in [0, 0.1) is 0 Å². The predicted molar refractivity (Wildman–Crippen MR) is 58.4 cm³/mol. The first-order chi connectivity index (χ1) is 6.76. The average molecular weight is 185 g/mol. The molecule has 0 N–H and O–H groups in total. The quantitative estimate of drug-likeness (QED) is 0.659. The Morgan fingerprint density at radius 2 is 2.14 bits per heavy atom. The third kappa shape index (κ3) is 1.16. The molecule has 0 fully saturated rings. The van der Waals surface area contributed by atoms with E-state index in [-0.39, 0.29) is 0 Å². The topological polar surface area (TPSA) is 22.0 Å². The van der Waals surface area contributed by atoms with E-state index in [1.54, 1.807) is 6.08 Å². The van der Waals surface area contributed by atoms with Gasteiger partial charge in [-0.25, -0.2) is 0 Å². The summed E-state index contributed by atoms with van der Waals surface area (Å²) < 4.78 is 2.02. The van der Waals surface area contributed by atoms with Crippen molar-refractivity contribution < 1.29 is 4.79 Å². The average Bonchev–Trinajstić information content (AvgIpc) is 2.58. The first-order valence-electron chi connectivity index (χ1n) is 4.43. The molecule has 0 unspecified atom stereocenters. The van der Waals surface area contributed by atoms with Gasteiger partial charge in [0.05, 0.1) is 0 Å². The normalized spacial score (nSPS) is 10.4. The van der Waals surface area contributed by atoms with Gasteiger partial charge in [0.1, 0.15) is 0 Å². The van der Waals surface area contributed by atoms with Crippen LogP contribution in [0.2, 0.25) is 0 Å². The molecule has 0 aliphatic carbocycles. The molecule has 2 heteroatoms. The molecule has 0 radical (unpaired) electrons. The molecule has 0 saturated heterocycles. The second-order valence-electron chi connectivity index (χ2n) is 3.29. The van der Waals surface area contributed by atoms with Crippen LogP contribution in [0.15, 0.2) is 31.0 Å². The van der Waals surface area contributed by atoms with Gasteiger partial charge in [-0.05, 0) is 23.8 Å². The van der Waals surface area contributed by atoms with Crippen molar-refractivity contribution >= 4 is 23.3 Å². The molecule has 70 valence electrons. The standard InChI is InChI=1S/C12H11NO/c1-3-9-7-12-10(4-5-13(12)2)6-11(9)8-14/h3-8H,1H2,2H3. The van der Waals surface area contributed by atoms with E-state index in [4.69, 9.17) is 0 Å². The molecule has 1 aromatic carbocycles. The number of fused-ring (bicyclic) bond motifs is 1. The number of nitrogens with zero attached hydrogens (tertiary/aromatic N) is 1.